The maximum Gasteiger partial charge on any atom is 0.280 e. The Balaban J connectivity index is 0.00000261. The van der Waals surface area contributed by atoms with Crippen molar-refractivity contribution in [1.82, 2.24) is 19.7 Å². The van der Waals surface area contributed by atoms with Crippen molar-refractivity contribution in [3.8, 4) is 0 Å². The fourth-order valence-electron chi connectivity index (χ4n) is 2.58. The van der Waals surface area contributed by atoms with E-state index < -0.39 is 0 Å². The van der Waals surface area contributed by atoms with Gasteiger partial charge in [0.25, 0.3) is 5.91 Å². The van der Waals surface area contributed by atoms with E-state index in [0.717, 1.165) is 28.9 Å². The van der Waals surface area contributed by atoms with Gasteiger partial charge in [-0.15, -0.1) is 12.4 Å². The number of aromatic nitrogens is 3. The smallest absolute Gasteiger partial charge is 0.280 e. The van der Waals surface area contributed by atoms with Crippen LogP contribution in [-0.2, 0) is 6.54 Å². The van der Waals surface area contributed by atoms with Crippen LogP contribution in [0.3, 0.4) is 0 Å². The molecule has 27 heavy (non-hydrogen) atoms. The van der Waals surface area contributed by atoms with Gasteiger partial charge in [-0.1, -0.05) is 29.0 Å². The Kier molecular flexibility index (Phi) is 7.22. The third-order valence-corrected chi connectivity index (χ3v) is 5.66. The van der Waals surface area contributed by atoms with Crippen molar-refractivity contribution < 1.29 is 4.79 Å². The Bertz CT molecular complexity index is 898. The number of nitrogens with zero attached hydrogens (tertiary/aromatic N) is 5. The van der Waals surface area contributed by atoms with Crippen LogP contribution in [0, 0.1) is 6.92 Å². The summed E-state index contributed by atoms with van der Waals surface area (Å²) in [6, 6.07) is 5.57. The van der Waals surface area contributed by atoms with Crippen molar-refractivity contribution in [3.63, 3.8) is 0 Å². The Labute approximate surface area is 174 Å². The fraction of sp³-hybridized carbons (Fsp3) is 0.389. The highest BCUT2D eigenvalue weighted by atomic mass is 35.5. The van der Waals surface area contributed by atoms with Crippen molar-refractivity contribution in [2.45, 2.75) is 20.4 Å². The van der Waals surface area contributed by atoms with E-state index in [0.29, 0.717) is 22.4 Å². The Hall–Kier alpha value is -1.67. The van der Waals surface area contributed by atoms with Crippen molar-refractivity contribution in [2.75, 3.05) is 32.1 Å². The van der Waals surface area contributed by atoms with Gasteiger partial charge in [0.2, 0.25) is 0 Å². The molecule has 146 valence electrons. The molecule has 1 amide bonds. The van der Waals surface area contributed by atoms with E-state index >= 15 is 0 Å². The fourth-order valence-corrected chi connectivity index (χ4v) is 3.92. The quantitative estimate of drug-likeness (QED) is 0.593. The van der Waals surface area contributed by atoms with Crippen molar-refractivity contribution in [1.29, 1.82) is 0 Å². The molecule has 0 unspecified atom stereocenters. The highest BCUT2D eigenvalue weighted by Crippen LogP contribution is 2.35. The molecule has 3 aromatic rings. The molecule has 0 aliphatic carbocycles. The largest absolute Gasteiger partial charge is 0.308 e. The second kappa shape index (κ2) is 9.01. The van der Waals surface area contributed by atoms with E-state index in [-0.39, 0.29) is 18.3 Å². The van der Waals surface area contributed by atoms with Crippen LogP contribution in [0.15, 0.2) is 24.4 Å². The average molecular weight is 428 g/mol. The minimum absolute atomic E-state index is 0. The van der Waals surface area contributed by atoms with E-state index in [1.54, 1.807) is 15.6 Å². The monoisotopic (exact) mass is 427 g/mol. The average Bonchev–Trinajstić information content (AvgIpc) is 3.25. The predicted octanol–water partition coefficient (Wildman–Crippen LogP) is 4.10. The number of aryl methyl sites for hydroxylation is 2. The lowest BCUT2D eigenvalue weighted by atomic mass is 10.2. The molecule has 0 N–H and O–H groups in total. The van der Waals surface area contributed by atoms with Gasteiger partial charge in [-0.3, -0.25) is 14.4 Å². The lowest BCUT2D eigenvalue weighted by molar-refractivity contribution is 0.0979. The number of hydrogen-bond acceptors (Lipinski definition) is 5. The van der Waals surface area contributed by atoms with Gasteiger partial charge in [0, 0.05) is 25.8 Å². The lowest BCUT2D eigenvalue weighted by Crippen LogP contribution is -2.37. The summed E-state index contributed by atoms with van der Waals surface area (Å²) in [6.07, 6.45) is 1.82. The van der Waals surface area contributed by atoms with Crippen LogP contribution >= 0.6 is 35.3 Å². The first-order valence-corrected chi connectivity index (χ1v) is 9.65. The van der Waals surface area contributed by atoms with E-state index in [2.05, 4.69) is 5.10 Å². The van der Waals surface area contributed by atoms with Crippen LogP contribution in [0.2, 0.25) is 5.02 Å². The van der Waals surface area contributed by atoms with Crippen LogP contribution in [0.5, 0.6) is 0 Å². The molecule has 2 aromatic heterocycles. The summed E-state index contributed by atoms with van der Waals surface area (Å²) in [4.78, 5) is 21.5. The molecule has 0 aliphatic rings. The summed E-state index contributed by atoms with van der Waals surface area (Å²) in [6.45, 7) is 5.96. The number of carbonyl (C=O) groups is 1. The Morgan fingerprint density at radius 1 is 1.26 bits per heavy atom. The molecule has 0 radical (unpaired) electrons. The molecule has 0 bridgehead atoms. The number of hydrogen-bond donors (Lipinski definition) is 0. The number of carbonyl (C=O) groups excluding carboxylic acids is 1. The summed E-state index contributed by atoms with van der Waals surface area (Å²) >= 11 is 7.78. The van der Waals surface area contributed by atoms with Gasteiger partial charge in [0.1, 0.15) is 0 Å². The van der Waals surface area contributed by atoms with Gasteiger partial charge < -0.3 is 4.90 Å². The molecule has 6 nitrogen and oxygen atoms in total. The van der Waals surface area contributed by atoms with Crippen LogP contribution in [-0.4, -0.2) is 52.8 Å². The molecule has 0 fully saturated rings. The second-order valence-electron chi connectivity index (χ2n) is 6.36. The molecule has 0 spiro atoms. The van der Waals surface area contributed by atoms with Crippen LogP contribution in [0.25, 0.3) is 10.2 Å². The first kappa shape index (κ1) is 21.6. The van der Waals surface area contributed by atoms with Gasteiger partial charge in [-0.05, 0) is 45.6 Å². The first-order valence-electron chi connectivity index (χ1n) is 8.46. The van der Waals surface area contributed by atoms with Crippen molar-refractivity contribution >= 4 is 56.6 Å². The Morgan fingerprint density at radius 3 is 2.59 bits per heavy atom. The zero-order chi connectivity index (χ0) is 18.8. The highest BCUT2D eigenvalue weighted by Gasteiger charge is 2.24. The summed E-state index contributed by atoms with van der Waals surface area (Å²) < 4.78 is 2.65. The van der Waals surface area contributed by atoms with Gasteiger partial charge in [0.05, 0.1) is 15.2 Å². The maximum absolute atomic E-state index is 13.1. The number of rotatable bonds is 6. The molecule has 2 heterocycles. The first-order chi connectivity index (χ1) is 12.4. The normalized spacial score (nSPS) is 11.0. The molecule has 0 aliphatic heterocycles. The number of amides is 1. The Morgan fingerprint density at radius 2 is 2.00 bits per heavy atom. The third kappa shape index (κ3) is 4.60. The molecule has 0 saturated heterocycles. The third-order valence-electron chi connectivity index (χ3n) is 4.12. The number of benzene rings is 1. The summed E-state index contributed by atoms with van der Waals surface area (Å²) in [5, 5.41) is 5.66. The van der Waals surface area contributed by atoms with Gasteiger partial charge in [0.15, 0.2) is 10.8 Å². The molecule has 1 aromatic carbocycles. The van der Waals surface area contributed by atoms with Gasteiger partial charge >= 0.3 is 0 Å². The number of fused-ring (bicyclic) bond motifs is 1. The minimum atomic E-state index is -0.146. The molecular weight excluding hydrogens is 405 g/mol. The molecule has 9 heteroatoms. The van der Waals surface area contributed by atoms with Crippen LogP contribution in [0.4, 0.5) is 5.13 Å². The second-order valence-corrected chi connectivity index (χ2v) is 7.74. The number of thiazole rings is 1. The minimum Gasteiger partial charge on any atom is -0.308 e. The number of anilines is 1. The zero-order valence-electron chi connectivity index (χ0n) is 15.8. The maximum atomic E-state index is 13.1. The SMILES string of the molecule is CCn1ccc(C(=O)N(CCN(C)C)c2nc3c(C)ccc(Cl)c3s2)n1.Cl. The van der Waals surface area contributed by atoms with Gasteiger partial charge in [-0.2, -0.15) is 5.10 Å². The molecule has 0 atom stereocenters. The standard InChI is InChI=1S/C18H22ClN5OS.ClH/c1-5-23-9-8-14(21-23)17(25)24(11-10-22(3)4)18-20-15-12(2)6-7-13(19)16(15)26-18;/h6-9H,5,10-11H2,1-4H3;1H. The number of likely N-dealkylation sites (N-methyl/N-ethyl adjacent to an activating group) is 1. The molecule has 0 saturated carbocycles. The predicted molar refractivity (Wildman–Crippen MR) is 115 cm³/mol. The summed E-state index contributed by atoms with van der Waals surface area (Å²) in [7, 11) is 3.96. The van der Waals surface area contributed by atoms with Crippen LogP contribution < -0.4 is 4.90 Å². The number of halogens is 2. The van der Waals surface area contributed by atoms with E-state index in [4.69, 9.17) is 16.6 Å². The van der Waals surface area contributed by atoms with Crippen molar-refractivity contribution in [3.05, 3.63) is 40.7 Å². The summed E-state index contributed by atoms with van der Waals surface area (Å²) in [5.41, 5.74) is 2.31. The summed E-state index contributed by atoms with van der Waals surface area (Å²) in [5.74, 6) is -0.146. The van der Waals surface area contributed by atoms with Crippen LogP contribution in [0.1, 0.15) is 23.0 Å². The van der Waals surface area contributed by atoms with E-state index in [1.807, 2.05) is 51.2 Å². The lowest BCUT2D eigenvalue weighted by Gasteiger charge is -2.21. The van der Waals surface area contributed by atoms with E-state index in [1.165, 1.54) is 11.3 Å². The molecule has 3 rings (SSSR count). The highest BCUT2D eigenvalue weighted by molar-refractivity contribution is 7.23. The topological polar surface area (TPSA) is 54.3 Å². The zero-order valence-corrected chi connectivity index (χ0v) is 18.2. The van der Waals surface area contributed by atoms with E-state index in [9.17, 15) is 4.79 Å². The van der Waals surface area contributed by atoms with Crippen molar-refractivity contribution in [2.24, 2.45) is 0 Å². The van der Waals surface area contributed by atoms with Gasteiger partial charge in [-0.25, -0.2) is 4.98 Å². The molecular formula is C18H23Cl2N5OS.